The van der Waals surface area contributed by atoms with Crippen molar-refractivity contribution in [1.29, 1.82) is 0 Å². The second-order valence-corrected chi connectivity index (χ2v) is 9.69. The highest BCUT2D eigenvalue weighted by molar-refractivity contribution is 7.26. The summed E-state index contributed by atoms with van der Waals surface area (Å²) in [6.45, 7) is 6.10. The molecular formula is C30H24N2S. The van der Waals surface area contributed by atoms with Crippen molar-refractivity contribution >= 4 is 42.3 Å². The summed E-state index contributed by atoms with van der Waals surface area (Å²) in [7, 11) is 0. The van der Waals surface area contributed by atoms with Crippen LogP contribution in [0.3, 0.4) is 0 Å². The first kappa shape index (κ1) is 19.0. The van der Waals surface area contributed by atoms with Crippen LogP contribution in [0.4, 0.5) is 0 Å². The van der Waals surface area contributed by atoms with E-state index >= 15 is 0 Å². The fourth-order valence-corrected chi connectivity index (χ4v) is 6.04. The van der Waals surface area contributed by atoms with E-state index in [4.69, 9.17) is 4.98 Å². The first-order chi connectivity index (χ1) is 16.4. The van der Waals surface area contributed by atoms with Crippen molar-refractivity contribution in [3.05, 3.63) is 108 Å². The summed E-state index contributed by atoms with van der Waals surface area (Å²) < 4.78 is 11.8. The van der Waals surface area contributed by atoms with Crippen LogP contribution in [0.5, 0.6) is 0 Å². The molecule has 0 aliphatic rings. The maximum Gasteiger partial charge on any atom is 0.0719 e. The third-order valence-electron chi connectivity index (χ3n) is 6.49. The smallest absolute Gasteiger partial charge is 0.0719 e. The fourth-order valence-electron chi connectivity index (χ4n) is 4.80. The standard InChI is InChI=1S/C30H24N2S/c1-18-7-6-8-23-16-25(30-29(28(18)23)24-9-4-5-10-27(24)33-30)26-17-22(12-14-32-26)20(3)21-11-13-31-19(2)15-21/h4-17,20H,1-3H3/i20D. The number of hydrogen-bond donors (Lipinski definition) is 0. The highest BCUT2D eigenvalue weighted by Gasteiger charge is 2.17. The first-order valence-electron chi connectivity index (χ1n) is 11.7. The van der Waals surface area contributed by atoms with E-state index in [0.717, 1.165) is 28.1 Å². The Labute approximate surface area is 199 Å². The van der Waals surface area contributed by atoms with Crippen molar-refractivity contribution in [2.24, 2.45) is 0 Å². The van der Waals surface area contributed by atoms with Crippen LogP contribution < -0.4 is 0 Å². The van der Waals surface area contributed by atoms with Gasteiger partial charge in [-0.3, -0.25) is 9.97 Å². The minimum absolute atomic E-state index is 0.904. The second kappa shape index (κ2) is 7.79. The van der Waals surface area contributed by atoms with Crippen LogP contribution in [0.1, 0.15) is 36.6 Å². The molecule has 0 spiro atoms. The van der Waals surface area contributed by atoms with E-state index < -0.39 is 5.89 Å². The first-order valence-corrected chi connectivity index (χ1v) is 12.0. The van der Waals surface area contributed by atoms with Crippen molar-refractivity contribution in [2.45, 2.75) is 26.7 Å². The number of nitrogens with zero attached hydrogens (tertiary/aromatic N) is 2. The molecule has 6 aromatic rings. The van der Waals surface area contributed by atoms with Crippen LogP contribution in [-0.2, 0) is 0 Å². The average Bonchev–Trinajstić information content (AvgIpc) is 3.23. The van der Waals surface area contributed by atoms with Gasteiger partial charge in [0.15, 0.2) is 0 Å². The van der Waals surface area contributed by atoms with E-state index in [1.54, 1.807) is 6.20 Å². The number of fused-ring (bicyclic) bond motifs is 5. The third kappa shape index (κ3) is 3.32. The fraction of sp³-hybridized carbons (Fsp3) is 0.133. The second-order valence-electron chi connectivity index (χ2n) is 8.64. The van der Waals surface area contributed by atoms with Crippen LogP contribution in [0.2, 0.25) is 0 Å². The number of hydrogen-bond acceptors (Lipinski definition) is 3. The molecule has 2 nitrogen and oxygen atoms in total. The Morgan fingerprint density at radius 1 is 0.818 bits per heavy atom. The van der Waals surface area contributed by atoms with Crippen molar-refractivity contribution in [1.82, 2.24) is 9.97 Å². The maximum absolute atomic E-state index is 9.22. The zero-order valence-corrected chi connectivity index (χ0v) is 19.7. The van der Waals surface area contributed by atoms with Gasteiger partial charge in [-0.15, -0.1) is 11.3 Å². The van der Waals surface area contributed by atoms with E-state index in [0.29, 0.717) is 0 Å². The lowest BCUT2D eigenvalue weighted by Crippen LogP contribution is -1.98. The number of pyridine rings is 2. The van der Waals surface area contributed by atoms with E-state index in [1.807, 2.05) is 49.6 Å². The molecule has 0 amide bonds. The predicted molar refractivity (Wildman–Crippen MR) is 141 cm³/mol. The Morgan fingerprint density at radius 3 is 2.45 bits per heavy atom. The molecule has 3 heteroatoms. The number of thiophene rings is 1. The summed E-state index contributed by atoms with van der Waals surface area (Å²) in [5, 5.41) is 5.12. The lowest BCUT2D eigenvalue weighted by atomic mass is 9.92. The average molecular weight is 446 g/mol. The van der Waals surface area contributed by atoms with Gasteiger partial charge in [0.25, 0.3) is 0 Å². The molecule has 3 heterocycles. The maximum atomic E-state index is 9.22. The summed E-state index contributed by atoms with van der Waals surface area (Å²) in [6.07, 6.45) is 3.62. The topological polar surface area (TPSA) is 25.8 Å². The molecule has 3 aromatic carbocycles. The minimum atomic E-state index is -0.905. The summed E-state index contributed by atoms with van der Waals surface area (Å²) in [5.74, 6) is -0.905. The van der Waals surface area contributed by atoms with E-state index in [-0.39, 0.29) is 0 Å². The highest BCUT2D eigenvalue weighted by Crippen LogP contribution is 2.44. The van der Waals surface area contributed by atoms with Crippen LogP contribution >= 0.6 is 11.3 Å². The normalized spacial score (nSPS) is 14.0. The Bertz CT molecular complexity index is 1710. The molecule has 0 aliphatic heterocycles. The lowest BCUT2D eigenvalue weighted by molar-refractivity contribution is 0.908. The van der Waals surface area contributed by atoms with Gasteiger partial charge in [0.1, 0.15) is 0 Å². The molecule has 160 valence electrons. The van der Waals surface area contributed by atoms with Gasteiger partial charge in [0, 0.05) is 51.1 Å². The zero-order chi connectivity index (χ0) is 23.4. The molecule has 33 heavy (non-hydrogen) atoms. The predicted octanol–water partition coefficient (Wildman–Crippen LogP) is 8.43. The summed E-state index contributed by atoms with van der Waals surface area (Å²) in [5.41, 5.74) is 6.08. The Hall–Kier alpha value is -3.56. The molecule has 0 radical (unpaired) electrons. The molecular weight excluding hydrogens is 420 g/mol. The van der Waals surface area contributed by atoms with Crippen molar-refractivity contribution in [3.63, 3.8) is 0 Å². The molecule has 1 unspecified atom stereocenters. The Kier molecular flexibility index (Phi) is 4.47. The Morgan fingerprint density at radius 2 is 1.61 bits per heavy atom. The largest absolute Gasteiger partial charge is 0.262 e. The number of aryl methyl sites for hydroxylation is 2. The summed E-state index contributed by atoms with van der Waals surface area (Å²) in [4.78, 5) is 9.10. The minimum Gasteiger partial charge on any atom is -0.262 e. The third-order valence-corrected chi connectivity index (χ3v) is 7.70. The van der Waals surface area contributed by atoms with Crippen LogP contribution in [0, 0.1) is 13.8 Å². The number of benzene rings is 3. The van der Waals surface area contributed by atoms with Gasteiger partial charge < -0.3 is 0 Å². The summed E-state index contributed by atoms with van der Waals surface area (Å²) >= 11 is 1.82. The Balaban J connectivity index is 1.63. The molecule has 3 aromatic heterocycles. The van der Waals surface area contributed by atoms with E-state index in [9.17, 15) is 1.37 Å². The quantitative estimate of drug-likeness (QED) is 0.273. The molecule has 0 bridgehead atoms. The molecule has 6 rings (SSSR count). The van der Waals surface area contributed by atoms with Crippen LogP contribution in [-0.4, -0.2) is 9.97 Å². The molecule has 0 aliphatic carbocycles. The molecule has 0 fully saturated rings. The monoisotopic (exact) mass is 445 g/mol. The van der Waals surface area contributed by atoms with Crippen molar-refractivity contribution in [2.75, 3.05) is 0 Å². The zero-order valence-electron chi connectivity index (χ0n) is 19.9. The number of aromatic nitrogens is 2. The van der Waals surface area contributed by atoms with Gasteiger partial charge >= 0.3 is 0 Å². The molecule has 0 saturated carbocycles. The van der Waals surface area contributed by atoms with Gasteiger partial charge in [-0.25, -0.2) is 0 Å². The van der Waals surface area contributed by atoms with Crippen LogP contribution in [0.15, 0.2) is 85.2 Å². The number of rotatable bonds is 3. The summed E-state index contributed by atoms with van der Waals surface area (Å²) in [6, 6.07) is 25.4. The van der Waals surface area contributed by atoms with Crippen LogP contribution in [0.25, 0.3) is 42.2 Å². The van der Waals surface area contributed by atoms with Gasteiger partial charge in [0.2, 0.25) is 0 Å². The highest BCUT2D eigenvalue weighted by atomic mass is 32.1. The molecule has 0 saturated heterocycles. The van der Waals surface area contributed by atoms with Gasteiger partial charge in [0.05, 0.1) is 5.69 Å². The lowest BCUT2D eigenvalue weighted by Gasteiger charge is -2.15. The van der Waals surface area contributed by atoms with Crippen molar-refractivity contribution in [3.8, 4) is 11.3 Å². The van der Waals surface area contributed by atoms with Gasteiger partial charge in [-0.05, 0) is 77.7 Å². The SMILES string of the molecule is [2H]C(C)(c1ccnc(C)c1)c1ccnc(-c2cc3cccc(C)c3c3c2sc2ccccc23)c1. The van der Waals surface area contributed by atoms with Gasteiger partial charge in [-0.1, -0.05) is 43.3 Å². The van der Waals surface area contributed by atoms with E-state index in [2.05, 4.69) is 66.5 Å². The van der Waals surface area contributed by atoms with Gasteiger partial charge in [-0.2, -0.15) is 0 Å². The molecule has 0 N–H and O–H groups in total. The molecule has 1 atom stereocenters. The van der Waals surface area contributed by atoms with Crippen molar-refractivity contribution < 1.29 is 1.37 Å². The van der Waals surface area contributed by atoms with E-state index in [1.165, 1.54) is 36.5 Å².